The molecule has 0 aromatic carbocycles. The van der Waals surface area contributed by atoms with Gasteiger partial charge in [0.2, 0.25) is 0 Å². The predicted molar refractivity (Wildman–Crippen MR) is 43.5 cm³/mol. The summed E-state index contributed by atoms with van der Waals surface area (Å²) in [5.41, 5.74) is 1.06. The van der Waals surface area contributed by atoms with Gasteiger partial charge in [0.1, 0.15) is 0 Å². The lowest BCUT2D eigenvalue weighted by atomic mass is 10.5. The molecule has 0 aliphatic carbocycles. The van der Waals surface area contributed by atoms with Crippen molar-refractivity contribution in [2.45, 2.75) is 20.4 Å². The van der Waals surface area contributed by atoms with Gasteiger partial charge in [-0.25, -0.2) is 0 Å². The first kappa shape index (κ1) is 8.27. The van der Waals surface area contributed by atoms with Crippen molar-refractivity contribution in [3.8, 4) is 0 Å². The Labute approximate surface area is 67.0 Å². The molecule has 0 spiro atoms. The van der Waals surface area contributed by atoms with Crippen molar-refractivity contribution < 1.29 is 4.74 Å². The van der Waals surface area contributed by atoms with E-state index in [1.54, 1.807) is 0 Å². The molecule has 0 saturated heterocycles. The van der Waals surface area contributed by atoms with Crippen LogP contribution in [0.2, 0.25) is 0 Å². The number of ether oxygens (including phenoxy) is 1. The van der Waals surface area contributed by atoms with E-state index in [2.05, 4.69) is 5.10 Å². The van der Waals surface area contributed by atoms with Crippen LogP contribution in [0.4, 0.5) is 0 Å². The predicted octanol–water partition coefficient (Wildman–Crippen LogP) is 1.23. The van der Waals surface area contributed by atoms with Crippen LogP contribution in [-0.2, 0) is 11.3 Å². The Kier molecular flexibility index (Phi) is 3.11. The van der Waals surface area contributed by atoms with E-state index in [1.165, 1.54) is 0 Å². The number of hydrogen-bond acceptors (Lipinski definition) is 2. The molecule has 0 aliphatic heterocycles. The van der Waals surface area contributed by atoms with Crippen molar-refractivity contribution in [3.05, 3.63) is 18.0 Å². The second-order valence-electron chi connectivity index (χ2n) is 2.42. The van der Waals surface area contributed by atoms with Gasteiger partial charge in [0.05, 0.1) is 18.8 Å². The van der Waals surface area contributed by atoms with Crippen LogP contribution >= 0.6 is 0 Å². The lowest BCUT2D eigenvalue weighted by Gasteiger charge is -2.00. The Hall–Kier alpha value is -0.830. The zero-order valence-electron chi connectivity index (χ0n) is 7.08. The number of aryl methyl sites for hydroxylation is 1. The molecule has 11 heavy (non-hydrogen) atoms. The summed E-state index contributed by atoms with van der Waals surface area (Å²) in [5.74, 6) is 0. The van der Waals surface area contributed by atoms with Crippen molar-refractivity contribution in [3.63, 3.8) is 0 Å². The van der Waals surface area contributed by atoms with Gasteiger partial charge in [-0.15, -0.1) is 0 Å². The quantitative estimate of drug-likeness (QED) is 0.610. The number of aromatic nitrogens is 2. The van der Waals surface area contributed by atoms with Crippen LogP contribution < -0.4 is 0 Å². The van der Waals surface area contributed by atoms with Gasteiger partial charge in [-0.2, -0.15) is 5.10 Å². The van der Waals surface area contributed by atoms with Crippen molar-refractivity contribution in [1.29, 1.82) is 0 Å². The smallest absolute Gasteiger partial charge is 0.0662 e. The summed E-state index contributed by atoms with van der Waals surface area (Å²) >= 11 is 0. The lowest BCUT2D eigenvalue weighted by molar-refractivity contribution is 0.136. The molecule has 1 rings (SSSR count). The van der Waals surface area contributed by atoms with E-state index in [0.717, 1.165) is 25.5 Å². The molecule has 1 aromatic rings. The summed E-state index contributed by atoms with van der Waals surface area (Å²) < 4.78 is 7.08. The first-order valence-electron chi connectivity index (χ1n) is 3.90. The zero-order chi connectivity index (χ0) is 8.10. The summed E-state index contributed by atoms with van der Waals surface area (Å²) in [4.78, 5) is 0. The molecule has 62 valence electrons. The molecule has 0 radical (unpaired) electrons. The standard InChI is InChI=1S/C8H14N2O/c1-3-11-7-6-10-5-4-8(2)9-10/h4-5H,3,6-7H2,1-2H3. The maximum absolute atomic E-state index is 5.19. The third-order valence-electron chi connectivity index (χ3n) is 1.44. The molecule has 3 heteroatoms. The molecule has 1 aromatic heterocycles. The van der Waals surface area contributed by atoms with Gasteiger partial charge in [0.25, 0.3) is 0 Å². The van der Waals surface area contributed by atoms with Gasteiger partial charge >= 0.3 is 0 Å². The molecule has 0 unspecified atom stereocenters. The van der Waals surface area contributed by atoms with Crippen LogP contribution in [0.15, 0.2) is 12.3 Å². The van der Waals surface area contributed by atoms with Crippen LogP contribution in [-0.4, -0.2) is 23.0 Å². The Morgan fingerprint density at radius 3 is 3.00 bits per heavy atom. The summed E-state index contributed by atoms with van der Waals surface area (Å²) in [5, 5.41) is 4.22. The first-order valence-corrected chi connectivity index (χ1v) is 3.90. The normalized spacial score (nSPS) is 10.4. The topological polar surface area (TPSA) is 27.1 Å². The first-order chi connectivity index (χ1) is 5.33. The summed E-state index contributed by atoms with van der Waals surface area (Å²) in [6.07, 6.45) is 1.97. The van der Waals surface area contributed by atoms with Crippen LogP contribution in [0.5, 0.6) is 0 Å². The Balaban J connectivity index is 2.27. The third kappa shape index (κ3) is 2.72. The average molecular weight is 154 g/mol. The van der Waals surface area contributed by atoms with Gasteiger partial charge in [0, 0.05) is 12.8 Å². The second-order valence-corrected chi connectivity index (χ2v) is 2.42. The van der Waals surface area contributed by atoms with Gasteiger partial charge in [-0.05, 0) is 19.9 Å². The molecular weight excluding hydrogens is 140 g/mol. The van der Waals surface area contributed by atoms with Crippen LogP contribution in [0.25, 0.3) is 0 Å². The molecule has 0 aliphatic rings. The van der Waals surface area contributed by atoms with Crippen LogP contribution in [0.3, 0.4) is 0 Å². The van der Waals surface area contributed by atoms with Gasteiger partial charge < -0.3 is 4.74 Å². The maximum Gasteiger partial charge on any atom is 0.0662 e. The minimum absolute atomic E-state index is 0.748. The van der Waals surface area contributed by atoms with Crippen molar-refractivity contribution in [1.82, 2.24) is 9.78 Å². The van der Waals surface area contributed by atoms with Gasteiger partial charge in [-0.1, -0.05) is 0 Å². The third-order valence-corrected chi connectivity index (χ3v) is 1.44. The molecule has 0 saturated carbocycles. The Morgan fingerprint density at radius 1 is 1.64 bits per heavy atom. The van der Waals surface area contributed by atoms with Crippen LogP contribution in [0, 0.1) is 6.92 Å². The molecule has 0 bridgehead atoms. The molecule has 0 fully saturated rings. The summed E-state index contributed by atoms with van der Waals surface area (Å²) in [6, 6.07) is 1.99. The van der Waals surface area contributed by atoms with Crippen LogP contribution in [0.1, 0.15) is 12.6 Å². The maximum atomic E-state index is 5.19. The number of nitrogens with zero attached hydrogens (tertiary/aromatic N) is 2. The molecule has 0 N–H and O–H groups in total. The van der Waals surface area contributed by atoms with Crippen molar-refractivity contribution >= 4 is 0 Å². The fourth-order valence-corrected chi connectivity index (χ4v) is 0.890. The van der Waals surface area contributed by atoms with Gasteiger partial charge in [0.15, 0.2) is 0 Å². The fourth-order valence-electron chi connectivity index (χ4n) is 0.890. The highest BCUT2D eigenvalue weighted by Gasteiger charge is 1.91. The van der Waals surface area contributed by atoms with E-state index < -0.39 is 0 Å². The highest BCUT2D eigenvalue weighted by molar-refractivity contribution is 4.94. The average Bonchev–Trinajstić information content (AvgIpc) is 2.37. The molecule has 0 atom stereocenters. The molecule has 3 nitrogen and oxygen atoms in total. The monoisotopic (exact) mass is 154 g/mol. The highest BCUT2D eigenvalue weighted by atomic mass is 16.5. The molecule has 0 amide bonds. The second kappa shape index (κ2) is 4.13. The number of hydrogen-bond donors (Lipinski definition) is 0. The highest BCUT2D eigenvalue weighted by Crippen LogP contribution is 1.91. The van der Waals surface area contributed by atoms with E-state index in [-0.39, 0.29) is 0 Å². The van der Waals surface area contributed by atoms with E-state index >= 15 is 0 Å². The summed E-state index contributed by atoms with van der Waals surface area (Å²) in [7, 11) is 0. The van der Waals surface area contributed by atoms with Gasteiger partial charge in [-0.3, -0.25) is 4.68 Å². The van der Waals surface area contributed by atoms with Crippen molar-refractivity contribution in [2.75, 3.05) is 13.2 Å². The molecule has 1 heterocycles. The zero-order valence-corrected chi connectivity index (χ0v) is 7.08. The van der Waals surface area contributed by atoms with E-state index in [1.807, 2.05) is 30.8 Å². The Bertz CT molecular complexity index is 208. The Morgan fingerprint density at radius 2 is 2.45 bits per heavy atom. The number of rotatable bonds is 4. The van der Waals surface area contributed by atoms with Crippen molar-refractivity contribution in [2.24, 2.45) is 0 Å². The van der Waals surface area contributed by atoms with E-state index in [0.29, 0.717) is 0 Å². The minimum Gasteiger partial charge on any atom is -0.380 e. The largest absolute Gasteiger partial charge is 0.380 e. The van der Waals surface area contributed by atoms with E-state index in [4.69, 9.17) is 4.74 Å². The fraction of sp³-hybridized carbons (Fsp3) is 0.625. The van der Waals surface area contributed by atoms with E-state index in [9.17, 15) is 0 Å². The SMILES string of the molecule is CCOCCn1ccc(C)n1. The molecular formula is C8H14N2O. The summed E-state index contributed by atoms with van der Waals surface area (Å²) in [6.45, 7) is 6.35. The lowest BCUT2D eigenvalue weighted by Crippen LogP contribution is -2.06. The minimum atomic E-state index is 0.748.